The van der Waals surface area contributed by atoms with Gasteiger partial charge < -0.3 is 5.11 Å². The summed E-state index contributed by atoms with van der Waals surface area (Å²) in [6.45, 7) is 0. The minimum Gasteiger partial charge on any atom is -0.505 e. The Bertz CT molecular complexity index is 1500. The number of rotatable bonds is 3. The van der Waals surface area contributed by atoms with Crippen molar-refractivity contribution >= 4 is 80.0 Å². The van der Waals surface area contributed by atoms with Crippen LogP contribution in [0.15, 0.2) is 54.1 Å². The summed E-state index contributed by atoms with van der Waals surface area (Å²) in [4.78, 5) is 52.6. The molecule has 12 heteroatoms. The number of benzene rings is 2. The molecular formula is C27H19BrCl3FN2O5. The number of hydrogen-bond acceptors (Lipinski definition) is 5. The highest BCUT2D eigenvalue weighted by Gasteiger charge is 2.76. The summed E-state index contributed by atoms with van der Waals surface area (Å²) in [5.74, 6) is -7.34. The second-order valence-electron chi connectivity index (χ2n) is 10.2. The highest BCUT2D eigenvalue weighted by Crippen LogP contribution is 2.65. The number of alkyl halides is 3. The van der Waals surface area contributed by atoms with Crippen molar-refractivity contribution in [3.63, 3.8) is 0 Å². The number of allylic oxidation sites excluding steroid dienone is 2. The van der Waals surface area contributed by atoms with Gasteiger partial charge in [-0.2, -0.15) is 0 Å². The van der Waals surface area contributed by atoms with Gasteiger partial charge in [0, 0.05) is 10.9 Å². The largest absolute Gasteiger partial charge is 0.505 e. The van der Waals surface area contributed by atoms with E-state index in [0.29, 0.717) is 16.3 Å². The van der Waals surface area contributed by atoms with E-state index in [9.17, 15) is 28.7 Å². The molecule has 3 fully saturated rings. The Morgan fingerprint density at radius 3 is 2.33 bits per heavy atom. The number of aromatic hydroxyl groups is 1. The Morgan fingerprint density at radius 1 is 1.00 bits per heavy atom. The average molecular weight is 657 g/mol. The molecule has 0 aromatic heterocycles. The minimum absolute atomic E-state index is 0.165. The molecule has 1 N–H and O–H groups in total. The molecule has 1 saturated carbocycles. The second-order valence-corrected chi connectivity index (χ2v) is 12.4. The van der Waals surface area contributed by atoms with Crippen LogP contribution in [0.1, 0.15) is 24.3 Å². The van der Waals surface area contributed by atoms with Crippen molar-refractivity contribution in [3.8, 4) is 5.75 Å². The predicted octanol–water partition coefficient (Wildman–Crippen LogP) is 5.10. The summed E-state index contributed by atoms with van der Waals surface area (Å²) in [6.07, 6.45) is 1.76. The number of fused-ring (bicyclic) bond motifs is 4. The molecular weight excluding hydrogens is 638 g/mol. The van der Waals surface area contributed by atoms with Crippen LogP contribution in [0.5, 0.6) is 5.75 Å². The zero-order chi connectivity index (χ0) is 28.0. The van der Waals surface area contributed by atoms with Gasteiger partial charge in [-0.1, -0.05) is 45.2 Å². The fourth-order valence-electron chi connectivity index (χ4n) is 6.67. The molecule has 4 aliphatic rings. The second kappa shape index (κ2) is 9.03. The monoisotopic (exact) mass is 654 g/mol. The number of phenolic OH excluding ortho intramolecular Hbond substituents is 1. The van der Waals surface area contributed by atoms with Gasteiger partial charge >= 0.3 is 0 Å². The van der Waals surface area contributed by atoms with Crippen molar-refractivity contribution in [2.45, 2.75) is 28.5 Å². The van der Waals surface area contributed by atoms with Gasteiger partial charge in [-0.15, -0.1) is 23.2 Å². The van der Waals surface area contributed by atoms with Gasteiger partial charge in [0.25, 0.3) is 11.8 Å². The van der Waals surface area contributed by atoms with E-state index in [-0.39, 0.29) is 23.9 Å². The van der Waals surface area contributed by atoms with Gasteiger partial charge in [0.2, 0.25) is 11.8 Å². The molecule has 2 aliphatic heterocycles. The predicted molar refractivity (Wildman–Crippen MR) is 145 cm³/mol. The number of carbonyl (C=O) groups is 4. The molecule has 2 saturated heterocycles. The lowest BCUT2D eigenvalue weighted by molar-refractivity contribution is -0.138. The third-order valence-electron chi connectivity index (χ3n) is 8.40. The number of anilines is 1. The first-order valence-corrected chi connectivity index (χ1v) is 14.3. The SMILES string of the molecule is O=C1C2CC=C3C(CC4(Cl)C(=O)N(CBr)C(=O)C4(Cl)C3c3ccc(O)c(F)c3)C2C(=O)N1c1ccc(Cl)cc1. The molecule has 6 rings (SSSR count). The van der Waals surface area contributed by atoms with Crippen LogP contribution in [0.2, 0.25) is 5.02 Å². The van der Waals surface area contributed by atoms with E-state index < -0.39 is 68.6 Å². The van der Waals surface area contributed by atoms with Gasteiger partial charge in [0.15, 0.2) is 21.3 Å². The average Bonchev–Trinajstić information content (AvgIpc) is 3.24. The summed E-state index contributed by atoms with van der Waals surface area (Å²) in [7, 11) is 0. The molecule has 2 aromatic rings. The number of likely N-dealkylation sites (tertiary alicyclic amines) is 1. The standard InChI is InChI=1S/C27H19BrCl3FN2O5/c28-11-33-24(38)26(30)10-17-15(21(27(26,31)25(33)39)12-1-8-19(35)18(32)9-12)6-7-16-20(17)23(37)34(22(16)36)14-4-2-13(29)3-5-14/h1-6,8-9,16-17,20-21,35H,7,10-11H2. The van der Waals surface area contributed by atoms with Crippen LogP contribution in [0.25, 0.3) is 0 Å². The Morgan fingerprint density at radius 2 is 1.69 bits per heavy atom. The Hall–Kier alpha value is -2.46. The number of amides is 4. The van der Waals surface area contributed by atoms with E-state index in [1.54, 1.807) is 30.3 Å². The number of phenols is 1. The summed E-state index contributed by atoms with van der Waals surface area (Å²) in [5, 5.41) is 10.3. The Balaban J connectivity index is 1.52. The maximum Gasteiger partial charge on any atom is 0.254 e. The molecule has 2 heterocycles. The van der Waals surface area contributed by atoms with Crippen molar-refractivity contribution < 1.29 is 28.7 Å². The molecule has 6 unspecified atom stereocenters. The molecule has 2 aliphatic carbocycles. The molecule has 4 amide bonds. The van der Waals surface area contributed by atoms with E-state index in [1.165, 1.54) is 6.07 Å². The third kappa shape index (κ3) is 3.46. The molecule has 0 spiro atoms. The normalized spacial score (nSPS) is 33.7. The molecule has 202 valence electrons. The van der Waals surface area contributed by atoms with Crippen LogP contribution in [-0.4, -0.2) is 48.8 Å². The van der Waals surface area contributed by atoms with Crippen molar-refractivity contribution in [2.24, 2.45) is 17.8 Å². The molecule has 7 nitrogen and oxygen atoms in total. The lowest BCUT2D eigenvalue weighted by atomic mass is 9.56. The summed E-state index contributed by atoms with van der Waals surface area (Å²) < 4.78 is 14.6. The van der Waals surface area contributed by atoms with Crippen LogP contribution in [0, 0.1) is 23.6 Å². The number of halogens is 5. The van der Waals surface area contributed by atoms with E-state index >= 15 is 0 Å². The Labute approximate surface area is 245 Å². The zero-order valence-electron chi connectivity index (χ0n) is 19.9. The van der Waals surface area contributed by atoms with Gasteiger partial charge in [0.05, 0.1) is 23.0 Å². The van der Waals surface area contributed by atoms with E-state index in [2.05, 4.69) is 15.9 Å². The molecule has 0 bridgehead atoms. The van der Waals surface area contributed by atoms with Gasteiger partial charge in [0.1, 0.15) is 0 Å². The first kappa shape index (κ1) is 26.7. The van der Waals surface area contributed by atoms with Crippen molar-refractivity contribution in [1.29, 1.82) is 0 Å². The minimum atomic E-state index is -2.04. The topological polar surface area (TPSA) is 95.0 Å². The number of carbonyl (C=O) groups excluding carboxylic acids is 4. The van der Waals surface area contributed by atoms with Crippen LogP contribution in [0.3, 0.4) is 0 Å². The van der Waals surface area contributed by atoms with Crippen LogP contribution in [-0.2, 0) is 19.2 Å². The van der Waals surface area contributed by atoms with E-state index in [1.807, 2.05) is 0 Å². The van der Waals surface area contributed by atoms with E-state index in [4.69, 9.17) is 34.8 Å². The molecule has 2 aromatic carbocycles. The quantitative estimate of drug-likeness (QED) is 0.215. The van der Waals surface area contributed by atoms with Gasteiger partial charge in [-0.3, -0.25) is 29.0 Å². The smallest absolute Gasteiger partial charge is 0.254 e. The summed E-state index contributed by atoms with van der Waals surface area (Å²) >= 11 is 23.3. The highest BCUT2D eigenvalue weighted by atomic mass is 79.9. The molecule has 0 radical (unpaired) electrons. The lowest BCUT2D eigenvalue weighted by Crippen LogP contribution is -2.60. The zero-order valence-corrected chi connectivity index (χ0v) is 23.8. The number of hydrogen-bond donors (Lipinski definition) is 1. The van der Waals surface area contributed by atoms with Gasteiger partial charge in [-0.25, -0.2) is 4.39 Å². The van der Waals surface area contributed by atoms with Crippen LogP contribution < -0.4 is 4.90 Å². The third-order valence-corrected chi connectivity index (χ3v) is 10.6. The lowest BCUT2D eigenvalue weighted by Gasteiger charge is -2.50. The molecule has 39 heavy (non-hydrogen) atoms. The number of nitrogens with zero attached hydrogens (tertiary/aromatic N) is 2. The first-order valence-electron chi connectivity index (χ1n) is 12.1. The summed E-state index contributed by atoms with van der Waals surface area (Å²) in [6, 6.07) is 9.90. The van der Waals surface area contributed by atoms with E-state index in [0.717, 1.165) is 21.9 Å². The maximum atomic E-state index is 14.6. The van der Waals surface area contributed by atoms with Crippen LogP contribution in [0.4, 0.5) is 10.1 Å². The van der Waals surface area contributed by atoms with Crippen molar-refractivity contribution in [3.05, 3.63) is 70.5 Å². The van der Waals surface area contributed by atoms with Crippen molar-refractivity contribution in [1.82, 2.24) is 4.90 Å². The fraction of sp³-hybridized carbons (Fsp3) is 0.333. The van der Waals surface area contributed by atoms with Crippen LogP contribution >= 0.6 is 50.7 Å². The van der Waals surface area contributed by atoms with Gasteiger partial charge in [-0.05, 0) is 60.7 Å². The fourth-order valence-corrected chi connectivity index (χ4v) is 8.23. The first-order chi connectivity index (χ1) is 18.5. The number of imide groups is 2. The van der Waals surface area contributed by atoms with Crippen molar-refractivity contribution in [2.75, 3.05) is 10.4 Å². The summed E-state index contributed by atoms with van der Waals surface area (Å²) in [5.41, 5.74) is 0.943. The highest BCUT2D eigenvalue weighted by molar-refractivity contribution is 9.09. The Kier molecular flexibility index (Phi) is 6.19. The molecule has 6 atom stereocenters. The maximum absolute atomic E-state index is 14.6.